The van der Waals surface area contributed by atoms with Gasteiger partial charge in [0.1, 0.15) is 52.2 Å². The minimum atomic E-state index is -4.71. The third kappa shape index (κ3) is 30.8. The summed E-state index contributed by atoms with van der Waals surface area (Å²) in [5.74, 6) is -3.63. The fourth-order valence-electron chi connectivity index (χ4n) is 12.1. The highest BCUT2D eigenvalue weighted by Crippen LogP contribution is 2.39. The Morgan fingerprint density at radius 1 is 0.447 bits per heavy atom. The number of amides is 7. The zero-order valence-corrected chi connectivity index (χ0v) is 79.7. The first-order valence-electron chi connectivity index (χ1n) is 39.4. The zero-order valence-electron chi connectivity index (χ0n) is 69.8. The molecular weight excluding hydrogens is 2000 g/mol. The lowest BCUT2D eigenvalue weighted by Gasteiger charge is -2.24. The fraction of sp³-hybridized carbons (Fsp3) is 0.158. The third-order valence-corrected chi connectivity index (χ3v) is 22.7. The second-order valence-corrected chi connectivity index (χ2v) is 34.2. The van der Waals surface area contributed by atoms with E-state index in [0.29, 0.717) is 107 Å². The second kappa shape index (κ2) is 49.8. The summed E-state index contributed by atoms with van der Waals surface area (Å²) in [7, 11) is 0. The number of nitriles is 1. The van der Waals surface area contributed by atoms with E-state index in [1.165, 1.54) is 48.8 Å². The number of carbonyl (C=O) groups is 7. The van der Waals surface area contributed by atoms with Crippen molar-refractivity contribution < 1.29 is 60.9 Å². The van der Waals surface area contributed by atoms with E-state index in [1.54, 1.807) is 215 Å². The van der Waals surface area contributed by atoms with Gasteiger partial charge in [-0.2, -0.15) is 23.4 Å². The van der Waals surface area contributed by atoms with Crippen molar-refractivity contribution in [1.29, 1.82) is 10.7 Å². The van der Waals surface area contributed by atoms with Gasteiger partial charge in [0.15, 0.2) is 0 Å². The minimum Gasteiger partial charge on any atom is -0.490 e. The predicted molar refractivity (Wildman–Crippen MR) is 515 cm³/mol. The molecule has 0 aliphatic carbocycles. The molecule has 4 unspecified atom stereocenters. The molecule has 9 N–H and O–H groups in total. The van der Waals surface area contributed by atoms with Gasteiger partial charge in [0.2, 0.25) is 11.8 Å². The van der Waals surface area contributed by atoms with Crippen LogP contribution in [0.3, 0.4) is 0 Å². The molecule has 2 heterocycles. The van der Waals surface area contributed by atoms with Crippen LogP contribution in [-0.2, 0) is 30.1 Å². The summed E-state index contributed by atoms with van der Waals surface area (Å²) in [6.45, 7) is 8.65. The van der Waals surface area contributed by atoms with Crippen LogP contribution >= 0.6 is 144 Å². The van der Waals surface area contributed by atoms with Gasteiger partial charge in [-0.15, -0.1) is 0 Å². The number of halogens is 15. The van der Waals surface area contributed by atoms with Gasteiger partial charge in [0.05, 0.1) is 93.6 Å². The lowest BCUT2D eigenvalue weighted by Crippen LogP contribution is -2.47. The number of alkyl carbamates (subject to hydrolysis) is 1. The Kier molecular flexibility index (Phi) is 39.3. The van der Waals surface area contributed by atoms with E-state index in [0.717, 1.165) is 12.1 Å². The number of hydrogen-bond acceptors (Lipinski definition) is 14. The number of alkyl halides is 4. The van der Waals surface area contributed by atoms with Crippen LogP contribution in [0.2, 0.25) is 55.2 Å². The lowest BCUT2D eigenvalue weighted by molar-refractivity contribution is -0.139. The number of rotatable bonds is 26. The number of amidine groups is 2. The van der Waals surface area contributed by atoms with Gasteiger partial charge >= 0.3 is 12.3 Å². The van der Waals surface area contributed by atoms with E-state index in [4.69, 9.17) is 153 Å². The first kappa shape index (κ1) is 104. The van der Waals surface area contributed by atoms with Crippen molar-refractivity contribution in [3.63, 3.8) is 0 Å². The number of ether oxygens (including phenoxy) is 3. The Morgan fingerprint density at radius 2 is 0.879 bits per heavy atom. The Labute approximate surface area is 820 Å². The number of nitrogens with one attached hydrogen (secondary N) is 7. The number of hydrogen-bond donors (Lipinski definition) is 8. The maximum atomic E-state index is 13.6. The number of nitrogens with two attached hydrogens (primary N) is 1. The predicted octanol–water partition coefficient (Wildman–Crippen LogP) is 24.2. The molecule has 132 heavy (non-hydrogen) atoms. The van der Waals surface area contributed by atoms with Crippen LogP contribution in [0.15, 0.2) is 266 Å². The molecule has 0 radical (unpaired) electrons. The van der Waals surface area contributed by atoms with E-state index < -0.39 is 88.5 Å². The fourth-order valence-corrected chi connectivity index (χ4v) is 14.2. The second-order valence-electron chi connectivity index (χ2n) is 28.6. The summed E-state index contributed by atoms with van der Waals surface area (Å²) in [5.41, 5.74) is 10.5. The SMILES string of the molecule is CC(C)Oc1ccc(C(=O)N[C@@H](c2ccc(Cl)c(Cl)c2)c2ccc(Cl)cn2)cc1C#N.CC(C)Oc1ccc(C(=O)N[C@@H](c2ccc(Cl)c(Cl)c2)c2ccc(Cl)cn2)cc1C(F)(F)F.CCOC(=O)NC(C(=O)NC(C(=O)NC(=N)c1ccccc1)c1cccc(Cl)c1)c1ccc(Cl)c(Cl)c1.NC(=NC(=O)C(NC(=O)C(Br)c1ccc(Cl)cc1)c1cccc(Cl)c1)c1ccccc1. The molecule has 22 nitrogen and oxygen atoms in total. The molecule has 12 aromatic rings. The molecule has 0 aliphatic rings. The Balaban J connectivity index is 0.000000198. The summed E-state index contributed by atoms with van der Waals surface area (Å²) >= 11 is 69.9. The first-order valence-corrected chi connectivity index (χ1v) is 44.5. The van der Waals surface area contributed by atoms with Crippen molar-refractivity contribution in [3.8, 4) is 17.6 Å². The van der Waals surface area contributed by atoms with Gasteiger partial charge in [0.25, 0.3) is 23.6 Å². The molecule has 0 fully saturated rings. The van der Waals surface area contributed by atoms with Crippen LogP contribution < -0.4 is 47.1 Å². The zero-order chi connectivity index (χ0) is 96.2. The van der Waals surface area contributed by atoms with E-state index in [9.17, 15) is 52.0 Å². The van der Waals surface area contributed by atoms with Crippen LogP contribution in [0, 0.1) is 16.7 Å². The minimum absolute atomic E-state index is 0.0555. The average Bonchev–Trinajstić information content (AvgIpc) is 0.805. The highest BCUT2D eigenvalue weighted by molar-refractivity contribution is 9.09. The third-order valence-electron chi connectivity index (χ3n) is 18.4. The molecule has 37 heteroatoms. The van der Waals surface area contributed by atoms with Gasteiger partial charge in [-0.05, 0) is 201 Å². The van der Waals surface area contributed by atoms with Crippen molar-refractivity contribution in [2.45, 2.75) is 88.0 Å². The summed E-state index contributed by atoms with van der Waals surface area (Å²) in [4.78, 5) is 103. The van der Waals surface area contributed by atoms with Gasteiger partial charge < -0.3 is 51.8 Å². The van der Waals surface area contributed by atoms with E-state index in [-0.39, 0.29) is 62.2 Å². The van der Waals surface area contributed by atoms with Crippen molar-refractivity contribution in [2.24, 2.45) is 10.7 Å². The largest absolute Gasteiger partial charge is 0.490 e. The van der Waals surface area contributed by atoms with Crippen molar-refractivity contribution in [1.82, 2.24) is 41.9 Å². The van der Waals surface area contributed by atoms with Crippen LogP contribution in [-0.4, -0.2) is 82.0 Å². The summed E-state index contributed by atoms with van der Waals surface area (Å²) < 4.78 is 56.6. The molecule has 12 rings (SSSR count). The van der Waals surface area contributed by atoms with Crippen molar-refractivity contribution in [3.05, 3.63) is 395 Å². The molecule has 10 aromatic carbocycles. The Bertz CT molecular complexity index is 6200. The number of benzene rings is 10. The Morgan fingerprint density at radius 3 is 1.34 bits per heavy atom. The topological polar surface area (TPSA) is 331 Å². The normalized spacial score (nSPS) is 12.4. The summed E-state index contributed by atoms with van der Waals surface area (Å²) in [5, 5.41) is 37.7. The van der Waals surface area contributed by atoms with Crippen LogP contribution in [0.25, 0.3) is 0 Å². The van der Waals surface area contributed by atoms with Crippen molar-refractivity contribution in [2.75, 3.05) is 6.61 Å². The maximum absolute atomic E-state index is 13.6. The van der Waals surface area contributed by atoms with Crippen molar-refractivity contribution >= 4 is 197 Å². The number of aromatic nitrogens is 2. The standard InChI is InChI=1S/C26H23Cl3N4O4.C23H18BrCl2N3O2.C23H18Cl3F3N2O2.C23H18Cl3N3O2/c1-2-37-26(36)32-22(17-11-12-19(28)20(29)14-17)24(34)31-21(16-9-6-10-18(27)13-16)25(35)33-23(30)15-7-4-3-5-8-15;24-19(14-9-11-17(25)12-10-14)22(30)28-20(16-7-4-8-18(26)13-16)23(31)29-21(27)15-5-2-1-3-6-15;1-12(2)33-20-8-4-14(9-16(20)23(27,28)29)22(32)31-21(19-7-5-15(24)11-30-19)13-3-6-17(25)18(26)10-13;1-13(2)31-21-8-4-15(9-16(21)11-27)23(30)29-22(20-7-5-17(24)12-28-20)14-3-6-18(25)19(26)10-14/h3-14,21-22H,2H2,1H3,(H,31,34)(H,32,36)(H2,30,33,35);1-13,19-20H,(H,28,30)(H2,27,29,31);3-12,21H,1-2H3,(H,31,32);3-10,12-13,22H,1-2H3,(H,29,30)/t;;21-;22-/m..00/s1. The Hall–Kier alpha value is -11.5. The van der Waals surface area contributed by atoms with E-state index >= 15 is 0 Å². The van der Waals surface area contributed by atoms with Gasteiger partial charge in [0, 0.05) is 49.7 Å². The molecule has 2 aromatic heterocycles. The van der Waals surface area contributed by atoms with E-state index in [1.807, 2.05) is 19.9 Å². The molecule has 7 amide bonds. The number of carbonyl (C=O) groups excluding carboxylic acids is 7. The molecule has 0 bridgehead atoms. The van der Waals surface area contributed by atoms with Gasteiger partial charge in [-0.25, -0.2) is 4.79 Å². The highest BCUT2D eigenvalue weighted by Gasteiger charge is 2.37. The van der Waals surface area contributed by atoms with Gasteiger partial charge in [-0.1, -0.05) is 259 Å². The van der Waals surface area contributed by atoms with Gasteiger partial charge in [-0.3, -0.25) is 44.1 Å². The molecule has 0 spiro atoms. The first-order chi connectivity index (χ1) is 62.8. The number of pyridine rings is 2. The molecule has 682 valence electrons. The highest BCUT2D eigenvalue weighted by atomic mass is 79.9. The van der Waals surface area contributed by atoms with Crippen LogP contribution in [0.1, 0.15) is 157 Å². The van der Waals surface area contributed by atoms with Crippen LogP contribution in [0.5, 0.6) is 11.5 Å². The molecule has 0 aliphatic heterocycles. The maximum Gasteiger partial charge on any atom is 0.419 e. The lowest BCUT2D eigenvalue weighted by atomic mass is 10.0. The average molecular weight is 2070 g/mol. The number of aliphatic imine (C=N–C) groups is 1. The molecule has 0 saturated carbocycles. The molecule has 0 saturated heterocycles. The summed E-state index contributed by atoms with van der Waals surface area (Å²) in [6.07, 6.45) is -3.22. The van der Waals surface area contributed by atoms with E-state index in [2.05, 4.69) is 68.9 Å². The molecular formula is C95H77BrCl11F3N12O10. The molecule has 6 atom stereocenters. The monoisotopic (exact) mass is 2070 g/mol. The van der Waals surface area contributed by atoms with Crippen LogP contribution in [0.4, 0.5) is 18.0 Å². The summed E-state index contributed by atoms with van der Waals surface area (Å²) in [6, 6.07) is 63.1. The number of nitrogens with zero attached hydrogens (tertiary/aromatic N) is 4. The smallest absolute Gasteiger partial charge is 0.419 e. The quantitative estimate of drug-likeness (QED) is 0.0142.